The van der Waals surface area contributed by atoms with Crippen molar-refractivity contribution in [3.8, 4) is 11.5 Å². The number of rotatable bonds is 8. The number of halogens is 2. The van der Waals surface area contributed by atoms with Crippen molar-refractivity contribution in [1.29, 1.82) is 0 Å². The number of nitrogens with one attached hydrogen (secondary N) is 1. The zero-order chi connectivity index (χ0) is 22.5. The zero-order valence-electron chi connectivity index (χ0n) is 17.1. The molecule has 164 valence electrons. The molecular formula is C21H21F2N3O5. The molecule has 0 aliphatic carbocycles. The zero-order valence-corrected chi connectivity index (χ0v) is 17.1. The summed E-state index contributed by atoms with van der Waals surface area (Å²) in [4.78, 5) is 32.7. The molecule has 0 aliphatic heterocycles. The molecule has 8 nitrogen and oxygen atoms in total. The van der Waals surface area contributed by atoms with Crippen LogP contribution in [0, 0.1) is 0 Å². The molecule has 0 radical (unpaired) electrons. The predicted octanol–water partition coefficient (Wildman–Crippen LogP) is 3.33. The second-order valence-corrected chi connectivity index (χ2v) is 6.61. The van der Waals surface area contributed by atoms with Crippen molar-refractivity contribution in [3.63, 3.8) is 0 Å². The van der Waals surface area contributed by atoms with Crippen LogP contribution in [-0.2, 0) is 16.1 Å². The summed E-state index contributed by atoms with van der Waals surface area (Å²) in [6.45, 7) is -0.247. The number of carbonyl (C=O) groups excluding carboxylic acids is 2. The Morgan fingerprint density at radius 3 is 2.32 bits per heavy atom. The minimum absolute atomic E-state index is 0.0603. The van der Waals surface area contributed by atoms with E-state index in [4.69, 9.17) is 14.2 Å². The summed E-state index contributed by atoms with van der Waals surface area (Å²) in [5.41, 5.74) is 1.47. The second kappa shape index (κ2) is 9.41. The van der Waals surface area contributed by atoms with Crippen molar-refractivity contribution in [2.75, 3.05) is 27.9 Å². The van der Waals surface area contributed by atoms with Crippen LogP contribution in [0.2, 0.25) is 0 Å². The van der Waals surface area contributed by atoms with Crippen LogP contribution in [-0.4, -0.2) is 54.6 Å². The molecule has 31 heavy (non-hydrogen) atoms. The maximum atomic E-state index is 13.2. The highest BCUT2D eigenvalue weighted by molar-refractivity contribution is 5.98. The summed E-state index contributed by atoms with van der Waals surface area (Å²) < 4.78 is 41.0. The van der Waals surface area contributed by atoms with Crippen LogP contribution >= 0.6 is 0 Å². The largest absolute Gasteiger partial charge is 0.497 e. The minimum atomic E-state index is -2.76. The highest BCUT2D eigenvalue weighted by Gasteiger charge is 2.22. The van der Waals surface area contributed by atoms with E-state index in [2.05, 4.69) is 9.97 Å². The number of imidazole rings is 1. The number of hydrogen-bond donors (Lipinski definition) is 1. The Labute approximate surface area is 176 Å². The van der Waals surface area contributed by atoms with E-state index in [1.54, 1.807) is 18.2 Å². The average Bonchev–Trinajstić information content (AvgIpc) is 3.21. The molecule has 0 fully saturated rings. The van der Waals surface area contributed by atoms with Gasteiger partial charge >= 0.3 is 5.97 Å². The number of carbonyl (C=O) groups is 2. The van der Waals surface area contributed by atoms with Crippen LogP contribution < -0.4 is 9.47 Å². The Hall–Kier alpha value is -3.69. The van der Waals surface area contributed by atoms with Crippen molar-refractivity contribution < 1.29 is 32.6 Å². The maximum absolute atomic E-state index is 13.2. The molecule has 0 atom stereocenters. The number of aromatic amines is 1. The van der Waals surface area contributed by atoms with Gasteiger partial charge in [0.1, 0.15) is 18.0 Å². The summed E-state index contributed by atoms with van der Waals surface area (Å²) in [6, 6.07) is 9.48. The van der Waals surface area contributed by atoms with E-state index < -0.39 is 24.1 Å². The summed E-state index contributed by atoms with van der Waals surface area (Å²) in [6.07, 6.45) is -2.76. The van der Waals surface area contributed by atoms with Crippen molar-refractivity contribution in [2.24, 2.45) is 0 Å². The van der Waals surface area contributed by atoms with E-state index in [1.165, 1.54) is 44.4 Å². The van der Waals surface area contributed by atoms with Gasteiger partial charge in [-0.1, -0.05) is 0 Å². The lowest BCUT2D eigenvalue weighted by molar-refractivity contribution is -0.141. The third-order valence-corrected chi connectivity index (χ3v) is 4.57. The number of methoxy groups -OCH3 is 3. The van der Waals surface area contributed by atoms with E-state index in [0.29, 0.717) is 28.1 Å². The number of ether oxygens (including phenoxy) is 3. The van der Waals surface area contributed by atoms with Crippen LogP contribution in [0.4, 0.5) is 8.78 Å². The van der Waals surface area contributed by atoms with Gasteiger partial charge in [-0.2, -0.15) is 0 Å². The Kier molecular flexibility index (Phi) is 6.68. The highest BCUT2D eigenvalue weighted by Crippen LogP contribution is 2.25. The van der Waals surface area contributed by atoms with Crippen LogP contribution in [0.25, 0.3) is 11.0 Å². The molecule has 0 spiro atoms. The Morgan fingerprint density at radius 1 is 1.06 bits per heavy atom. The fourth-order valence-electron chi connectivity index (χ4n) is 3.05. The second-order valence-electron chi connectivity index (χ2n) is 6.61. The number of H-pyrrole nitrogens is 1. The van der Waals surface area contributed by atoms with Crippen molar-refractivity contribution in [1.82, 2.24) is 14.9 Å². The molecule has 0 saturated heterocycles. The molecule has 0 saturated carbocycles. The van der Waals surface area contributed by atoms with Gasteiger partial charge in [0, 0.05) is 18.2 Å². The number of esters is 1. The van der Waals surface area contributed by atoms with Gasteiger partial charge in [-0.15, -0.1) is 0 Å². The normalized spacial score (nSPS) is 10.9. The van der Waals surface area contributed by atoms with Crippen LogP contribution in [0.3, 0.4) is 0 Å². The third kappa shape index (κ3) is 5.08. The monoisotopic (exact) mass is 433 g/mol. The van der Waals surface area contributed by atoms with Gasteiger partial charge < -0.3 is 24.1 Å². The van der Waals surface area contributed by atoms with Gasteiger partial charge in [0.05, 0.1) is 32.4 Å². The van der Waals surface area contributed by atoms with Gasteiger partial charge in [0.15, 0.2) is 5.82 Å². The molecule has 1 amide bonds. The molecule has 1 aromatic heterocycles. The van der Waals surface area contributed by atoms with E-state index in [9.17, 15) is 18.4 Å². The van der Waals surface area contributed by atoms with Crippen LogP contribution in [0.15, 0.2) is 36.4 Å². The first kappa shape index (κ1) is 22.0. The van der Waals surface area contributed by atoms with E-state index >= 15 is 0 Å². The fraction of sp³-hybridized carbons (Fsp3) is 0.286. The number of fused-ring (bicyclic) bond motifs is 1. The number of benzene rings is 2. The molecule has 3 aromatic rings. The Balaban J connectivity index is 1.93. The molecule has 10 heteroatoms. The maximum Gasteiger partial charge on any atom is 0.325 e. The van der Waals surface area contributed by atoms with Crippen molar-refractivity contribution >= 4 is 22.9 Å². The van der Waals surface area contributed by atoms with Crippen LogP contribution in [0.5, 0.6) is 11.5 Å². The van der Waals surface area contributed by atoms with Gasteiger partial charge in [0.25, 0.3) is 12.3 Å². The first-order valence-corrected chi connectivity index (χ1v) is 9.20. The first-order chi connectivity index (χ1) is 14.8. The lowest BCUT2D eigenvalue weighted by atomic mass is 10.1. The predicted molar refractivity (Wildman–Crippen MR) is 107 cm³/mol. The molecule has 0 aliphatic rings. The highest BCUT2D eigenvalue weighted by atomic mass is 19.3. The summed E-state index contributed by atoms with van der Waals surface area (Å²) >= 11 is 0. The molecule has 3 rings (SSSR count). The number of aromatic nitrogens is 2. The molecule has 0 unspecified atom stereocenters. The first-order valence-electron chi connectivity index (χ1n) is 9.20. The number of hydrogen-bond acceptors (Lipinski definition) is 6. The SMILES string of the molecule is COC(=O)CN(Cc1cc(OC)cc(OC)c1)C(=O)c1ccc2nc(C(F)F)[nH]c2c1. The van der Waals surface area contributed by atoms with Gasteiger partial charge in [-0.05, 0) is 35.9 Å². The Bertz CT molecular complexity index is 1080. The molecule has 2 aromatic carbocycles. The van der Waals surface area contributed by atoms with Crippen LogP contribution in [0.1, 0.15) is 28.2 Å². The smallest absolute Gasteiger partial charge is 0.325 e. The van der Waals surface area contributed by atoms with Gasteiger partial charge in [-0.25, -0.2) is 13.8 Å². The topological polar surface area (TPSA) is 93.8 Å². The summed E-state index contributed by atoms with van der Waals surface area (Å²) in [7, 11) is 4.23. The van der Waals surface area contributed by atoms with Crippen molar-refractivity contribution in [2.45, 2.75) is 13.0 Å². The number of amides is 1. The lowest BCUT2D eigenvalue weighted by Gasteiger charge is -2.22. The molecule has 0 bridgehead atoms. The van der Waals surface area contributed by atoms with E-state index in [-0.39, 0.29) is 18.7 Å². The third-order valence-electron chi connectivity index (χ3n) is 4.57. The standard InChI is InChI=1S/C21H21F2N3O5/c1-29-14-6-12(7-15(9-14)30-2)10-26(11-18(27)31-3)21(28)13-4-5-16-17(8-13)25-20(24-16)19(22)23/h4-9,19H,10-11H2,1-3H3,(H,24,25). The number of alkyl halides is 2. The van der Waals surface area contributed by atoms with E-state index in [0.717, 1.165) is 0 Å². The van der Waals surface area contributed by atoms with Gasteiger partial charge in [0.2, 0.25) is 0 Å². The number of nitrogens with zero attached hydrogens (tertiary/aromatic N) is 2. The summed E-state index contributed by atoms with van der Waals surface area (Å²) in [5.74, 6) is -0.515. The quantitative estimate of drug-likeness (QED) is 0.548. The molecule has 1 N–H and O–H groups in total. The lowest BCUT2D eigenvalue weighted by Crippen LogP contribution is -2.35. The summed E-state index contributed by atoms with van der Waals surface area (Å²) in [5, 5.41) is 0. The fourth-order valence-corrected chi connectivity index (χ4v) is 3.05. The Morgan fingerprint density at radius 2 is 1.74 bits per heavy atom. The molecule has 1 heterocycles. The molecular weight excluding hydrogens is 412 g/mol. The van der Waals surface area contributed by atoms with Gasteiger partial charge in [-0.3, -0.25) is 9.59 Å². The van der Waals surface area contributed by atoms with Crippen molar-refractivity contribution in [3.05, 3.63) is 53.3 Å². The average molecular weight is 433 g/mol. The minimum Gasteiger partial charge on any atom is -0.497 e. The van der Waals surface area contributed by atoms with E-state index in [1.807, 2.05) is 0 Å².